The van der Waals surface area contributed by atoms with Crippen molar-refractivity contribution in [2.24, 2.45) is 5.92 Å². The van der Waals surface area contributed by atoms with Gasteiger partial charge >= 0.3 is 5.97 Å². The second kappa shape index (κ2) is 4.88. The van der Waals surface area contributed by atoms with Crippen molar-refractivity contribution in [3.05, 3.63) is 36.0 Å². The highest BCUT2D eigenvalue weighted by atomic mass is 16.5. The standard InChI is InChI=1S/C17H20N2O2/c1-19-10-11-6-7-12(19)8-16(11)21-17(20)14-9-18-15-5-3-2-4-13(14)15/h2-5,9,11-12,16,18H,6-8,10H2,1H3. The van der Waals surface area contributed by atoms with Crippen molar-refractivity contribution in [3.63, 3.8) is 0 Å². The zero-order chi connectivity index (χ0) is 14.4. The van der Waals surface area contributed by atoms with Gasteiger partial charge in [-0.3, -0.25) is 0 Å². The number of piperidine rings is 2. The van der Waals surface area contributed by atoms with Gasteiger partial charge in [0.05, 0.1) is 5.56 Å². The van der Waals surface area contributed by atoms with Gasteiger partial charge in [-0.25, -0.2) is 4.79 Å². The highest BCUT2D eigenvalue weighted by molar-refractivity contribution is 6.04. The number of aromatic nitrogens is 1. The number of nitrogens with one attached hydrogen (secondary N) is 1. The van der Waals surface area contributed by atoms with Crippen LogP contribution in [0.15, 0.2) is 30.5 Å². The maximum Gasteiger partial charge on any atom is 0.340 e. The van der Waals surface area contributed by atoms with Crippen molar-refractivity contribution < 1.29 is 9.53 Å². The minimum Gasteiger partial charge on any atom is -0.458 e. The van der Waals surface area contributed by atoms with E-state index in [0.717, 1.165) is 23.9 Å². The predicted molar refractivity (Wildman–Crippen MR) is 81.3 cm³/mol. The molecule has 110 valence electrons. The molecule has 2 aromatic rings. The van der Waals surface area contributed by atoms with Crippen LogP contribution >= 0.6 is 0 Å². The number of hydrogen-bond acceptors (Lipinski definition) is 3. The molecule has 1 aliphatic carbocycles. The van der Waals surface area contributed by atoms with Gasteiger partial charge in [-0.15, -0.1) is 0 Å². The predicted octanol–water partition coefficient (Wildman–Crippen LogP) is 2.81. The molecule has 5 rings (SSSR count). The number of rotatable bonds is 2. The number of carbonyl (C=O) groups is 1. The van der Waals surface area contributed by atoms with E-state index in [2.05, 4.69) is 16.9 Å². The first-order chi connectivity index (χ1) is 10.2. The molecule has 1 aromatic heterocycles. The average Bonchev–Trinajstić information content (AvgIpc) is 2.92. The molecule has 1 saturated carbocycles. The largest absolute Gasteiger partial charge is 0.458 e. The molecule has 4 nitrogen and oxygen atoms in total. The van der Waals surface area contributed by atoms with Crippen LogP contribution in [0.1, 0.15) is 29.6 Å². The van der Waals surface area contributed by atoms with E-state index in [1.807, 2.05) is 24.3 Å². The summed E-state index contributed by atoms with van der Waals surface area (Å²) < 4.78 is 5.84. The summed E-state index contributed by atoms with van der Waals surface area (Å²) in [5.41, 5.74) is 1.63. The second-order valence-corrected chi connectivity index (χ2v) is 6.36. The zero-order valence-electron chi connectivity index (χ0n) is 12.2. The molecule has 3 aliphatic rings. The van der Waals surface area contributed by atoms with Crippen molar-refractivity contribution in [3.8, 4) is 0 Å². The Balaban J connectivity index is 1.54. The van der Waals surface area contributed by atoms with Crippen LogP contribution < -0.4 is 0 Å². The molecule has 2 aliphatic heterocycles. The average molecular weight is 284 g/mol. The Bertz CT molecular complexity index is 678. The second-order valence-electron chi connectivity index (χ2n) is 6.36. The van der Waals surface area contributed by atoms with Crippen LogP contribution in [0.4, 0.5) is 0 Å². The topological polar surface area (TPSA) is 45.3 Å². The van der Waals surface area contributed by atoms with Gasteiger partial charge < -0.3 is 14.6 Å². The van der Waals surface area contributed by atoms with Gasteiger partial charge in [0.25, 0.3) is 0 Å². The summed E-state index contributed by atoms with van der Waals surface area (Å²) in [5, 5.41) is 0.945. The minimum atomic E-state index is -0.187. The fraction of sp³-hybridized carbons (Fsp3) is 0.471. The van der Waals surface area contributed by atoms with E-state index in [1.54, 1.807) is 6.20 Å². The van der Waals surface area contributed by atoms with E-state index in [4.69, 9.17) is 4.74 Å². The third-order valence-electron chi connectivity index (χ3n) is 5.11. The molecule has 21 heavy (non-hydrogen) atoms. The highest BCUT2D eigenvalue weighted by Crippen LogP contribution is 2.36. The molecule has 0 radical (unpaired) electrons. The number of carbonyl (C=O) groups excluding carboxylic acids is 1. The van der Waals surface area contributed by atoms with Crippen molar-refractivity contribution >= 4 is 16.9 Å². The quantitative estimate of drug-likeness (QED) is 0.863. The van der Waals surface area contributed by atoms with Crippen molar-refractivity contribution in [1.29, 1.82) is 0 Å². The number of esters is 1. The van der Waals surface area contributed by atoms with E-state index >= 15 is 0 Å². The lowest BCUT2D eigenvalue weighted by Crippen LogP contribution is -2.53. The Morgan fingerprint density at radius 3 is 2.95 bits per heavy atom. The first-order valence-electron chi connectivity index (χ1n) is 7.69. The van der Waals surface area contributed by atoms with Crippen LogP contribution in [-0.4, -0.2) is 41.6 Å². The SMILES string of the molecule is CN1CC2CCC1CC2OC(=O)c1c[nH]c2ccccc12. The number of hydrogen-bond donors (Lipinski definition) is 1. The molecule has 1 N–H and O–H groups in total. The number of para-hydroxylation sites is 1. The maximum absolute atomic E-state index is 12.5. The van der Waals surface area contributed by atoms with Crippen LogP contribution in [0, 0.1) is 5.92 Å². The molecule has 0 spiro atoms. The van der Waals surface area contributed by atoms with Crippen molar-refractivity contribution in [2.75, 3.05) is 13.6 Å². The summed E-state index contributed by atoms with van der Waals surface area (Å²) in [6, 6.07) is 8.43. The summed E-state index contributed by atoms with van der Waals surface area (Å²) >= 11 is 0. The van der Waals surface area contributed by atoms with E-state index < -0.39 is 0 Å². The molecule has 3 fully saturated rings. The summed E-state index contributed by atoms with van der Waals surface area (Å²) in [5.74, 6) is 0.307. The Labute approximate surface area is 124 Å². The Kier molecular flexibility index (Phi) is 3.00. The lowest BCUT2D eigenvalue weighted by Gasteiger charge is -2.47. The zero-order valence-corrected chi connectivity index (χ0v) is 12.2. The van der Waals surface area contributed by atoms with Crippen molar-refractivity contribution in [2.45, 2.75) is 31.4 Å². The van der Waals surface area contributed by atoms with E-state index in [-0.39, 0.29) is 12.1 Å². The molecular weight excluding hydrogens is 264 g/mol. The van der Waals surface area contributed by atoms with Gasteiger partial charge in [0.15, 0.2) is 0 Å². The monoisotopic (exact) mass is 284 g/mol. The Morgan fingerprint density at radius 1 is 1.33 bits per heavy atom. The molecule has 3 atom stereocenters. The summed E-state index contributed by atoms with van der Waals surface area (Å²) in [6.07, 6.45) is 5.25. The van der Waals surface area contributed by atoms with Crippen LogP contribution in [0.5, 0.6) is 0 Å². The molecule has 3 heterocycles. The van der Waals surface area contributed by atoms with E-state index in [1.165, 1.54) is 12.8 Å². The number of nitrogens with zero attached hydrogens (tertiary/aromatic N) is 1. The molecule has 2 bridgehead atoms. The fourth-order valence-corrected chi connectivity index (χ4v) is 3.88. The van der Waals surface area contributed by atoms with Gasteiger partial charge in [0, 0.05) is 42.0 Å². The van der Waals surface area contributed by atoms with Crippen LogP contribution in [-0.2, 0) is 4.74 Å². The van der Waals surface area contributed by atoms with Gasteiger partial charge in [-0.05, 0) is 26.0 Å². The number of aromatic amines is 1. The number of fused-ring (bicyclic) bond motifs is 4. The lowest BCUT2D eigenvalue weighted by atomic mass is 9.78. The maximum atomic E-state index is 12.5. The van der Waals surface area contributed by atoms with Crippen LogP contribution in [0.2, 0.25) is 0 Å². The molecule has 0 amide bonds. The lowest BCUT2D eigenvalue weighted by molar-refractivity contribution is -0.0557. The highest BCUT2D eigenvalue weighted by Gasteiger charge is 2.40. The fourth-order valence-electron chi connectivity index (χ4n) is 3.88. The van der Waals surface area contributed by atoms with Crippen LogP contribution in [0.3, 0.4) is 0 Å². The normalized spacial score (nSPS) is 28.9. The first-order valence-corrected chi connectivity index (χ1v) is 7.69. The van der Waals surface area contributed by atoms with Gasteiger partial charge in [-0.1, -0.05) is 18.2 Å². The minimum absolute atomic E-state index is 0.0844. The first kappa shape index (κ1) is 12.9. The summed E-state index contributed by atoms with van der Waals surface area (Å²) in [4.78, 5) is 18.0. The molecule has 3 unspecified atom stereocenters. The van der Waals surface area contributed by atoms with E-state index in [0.29, 0.717) is 17.5 Å². The number of benzene rings is 1. The third kappa shape index (κ3) is 2.14. The summed E-state index contributed by atoms with van der Waals surface area (Å²) in [6.45, 7) is 1.05. The summed E-state index contributed by atoms with van der Waals surface area (Å²) in [7, 11) is 2.18. The molecular formula is C17H20N2O2. The van der Waals surface area contributed by atoms with Gasteiger partial charge in [0.1, 0.15) is 6.10 Å². The van der Waals surface area contributed by atoms with Crippen molar-refractivity contribution in [1.82, 2.24) is 9.88 Å². The Morgan fingerprint density at radius 2 is 2.19 bits per heavy atom. The molecule has 4 heteroatoms. The van der Waals surface area contributed by atoms with Crippen LogP contribution in [0.25, 0.3) is 10.9 Å². The smallest absolute Gasteiger partial charge is 0.340 e. The molecule has 2 saturated heterocycles. The number of H-pyrrole nitrogens is 1. The van der Waals surface area contributed by atoms with E-state index in [9.17, 15) is 4.79 Å². The molecule has 1 aromatic carbocycles. The number of ether oxygens (including phenoxy) is 1. The Hall–Kier alpha value is -1.81. The third-order valence-corrected chi connectivity index (χ3v) is 5.11. The van der Waals surface area contributed by atoms with Gasteiger partial charge in [-0.2, -0.15) is 0 Å². The van der Waals surface area contributed by atoms with Gasteiger partial charge in [0.2, 0.25) is 0 Å².